The summed E-state index contributed by atoms with van der Waals surface area (Å²) < 4.78 is 32.0. The Bertz CT molecular complexity index is 668. The summed E-state index contributed by atoms with van der Waals surface area (Å²) >= 11 is 0. The molecule has 0 unspecified atom stereocenters. The van der Waals surface area contributed by atoms with Gasteiger partial charge in [0.15, 0.2) is 0 Å². The normalized spacial score (nSPS) is 16.0. The number of nitrogens with zero attached hydrogens (tertiary/aromatic N) is 1. The molecule has 1 amide bonds. The first kappa shape index (κ1) is 20.8. The van der Waals surface area contributed by atoms with Crippen LogP contribution in [0.1, 0.15) is 25.8 Å². The first-order valence-corrected chi connectivity index (χ1v) is 10.5. The average Bonchev–Trinajstić information content (AvgIpc) is 2.60. The molecule has 2 N–H and O–H groups in total. The highest BCUT2D eigenvalue weighted by molar-refractivity contribution is 7.89. The third-order valence-corrected chi connectivity index (χ3v) is 5.79. The summed E-state index contributed by atoms with van der Waals surface area (Å²) in [6.45, 7) is 8.38. The minimum absolute atomic E-state index is 0.0106. The molecule has 8 heteroatoms. The lowest BCUT2D eigenvalue weighted by atomic mass is 10.1. The van der Waals surface area contributed by atoms with E-state index in [9.17, 15) is 13.2 Å². The second-order valence-electron chi connectivity index (χ2n) is 6.72. The molecule has 0 saturated carbocycles. The maximum Gasteiger partial charge on any atom is 0.240 e. The summed E-state index contributed by atoms with van der Waals surface area (Å²) in [5.41, 5.74) is 0.942. The number of ether oxygens (including phenoxy) is 1. The van der Waals surface area contributed by atoms with Gasteiger partial charge in [0.1, 0.15) is 0 Å². The number of amides is 1. The molecule has 146 valence electrons. The van der Waals surface area contributed by atoms with Crippen molar-refractivity contribution >= 4 is 15.9 Å². The van der Waals surface area contributed by atoms with Gasteiger partial charge in [-0.25, -0.2) is 13.1 Å². The fraction of sp³-hybridized carbons (Fsp3) is 0.611. The molecule has 0 aromatic heterocycles. The van der Waals surface area contributed by atoms with Crippen LogP contribution in [0.2, 0.25) is 0 Å². The third-order valence-electron chi connectivity index (χ3n) is 4.12. The number of nitrogens with one attached hydrogen (secondary N) is 2. The zero-order valence-electron chi connectivity index (χ0n) is 15.5. The van der Waals surface area contributed by atoms with Crippen LogP contribution in [-0.4, -0.2) is 64.7 Å². The summed E-state index contributed by atoms with van der Waals surface area (Å²) in [5.74, 6) is 0.0106. The summed E-state index contributed by atoms with van der Waals surface area (Å²) in [6.07, 6.45) is 0.973. The van der Waals surface area contributed by atoms with Crippen LogP contribution in [0.4, 0.5) is 0 Å². The fourth-order valence-corrected chi connectivity index (χ4v) is 3.99. The van der Waals surface area contributed by atoms with E-state index in [1.54, 1.807) is 38.1 Å². The van der Waals surface area contributed by atoms with Crippen LogP contribution in [-0.2, 0) is 26.0 Å². The standard InChI is InChI=1S/C18H29N3O4S/c1-15(2)20-26(23,24)17-6-3-16(4-7-17)5-8-18(22)19-9-10-21-11-13-25-14-12-21/h3-4,6-7,15,20H,5,8-14H2,1-2H3,(H,19,22). The zero-order chi connectivity index (χ0) is 19.0. The monoisotopic (exact) mass is 383 g/mol. The van der Waals surface area contributed by atoms with Crippen molar-refractivity contribution in [1.82, 2.24) is 14.9 Å². The van der Waals surface area contributed by atoms with E-state index in [2.05, 4.69) is 14.9 Å². The van der Waals surface area contributed by atoms with E-state index in [0.29, 0.717) is 19.4 Å². The molecule has 1 aliphatic rings. The topological polar surface area (TPSA) is 87.7 Å². The number of hydrogen-bond donors (Lipinski definition) is 2. The van der Waals surface area contributed by atoms with Crippen molar-refractivity contribution in [2.75, 3.05) is 39.4 Å². The second kappa shape index (κ2) is 10.0. The Labute approximate surface area is 156 Å². The van der Waals surface area contributed by atoms with E-state index >= 15 is 0 Å². The Kier molecular flexibility index (Phi) is 8.02. The van der Waals surface area contributed by atoms with Crippen LogP contribution in [0, 0.1) is 0 Å². The van der Waals surface area contributed by atoms with Crippen molar-refractivity contribution in [3.63, 3.8) is 0 Å². The predicted octanol–water partition coefficient (Wildman–Crippen LogP) is 0.754. The highest BCUT2D eigenvalue weighted by atomic mass is 32.2. The Morgan fingerprint density at radius 1 is 1.19 bits per heavy atom. The maximum absolute atomic E-state index is 12.1. The van der Waals surface area contributed by atoms with Crippen LogP contribution >= 0.6 is 0 Å². The summed E-state index contributed by atoms with van der Waals surface area (Å²) in [6, 6.07) is 6.53. The maximum atomic E-state index is 12.1. The largest absolute Gasteiger partial charge is 0.379 e. The lowest BCUT2D eigenvalue weighted by Crippen LogP contribution is -2.41. The van der Waals surface area contributed by atoms with Crippen molar-refractivity contribution in [1.29, 1.82) is 0 Å². The molecule has 0 bridgehead atoms. The minimum atomic E-state index is -3.47. The van der Waals surface area contributed by atoms with Gasteiger partial charge in [-0.15, -0.1) is 0 Å². The molecule has 7 nitrogen and oxygen atoms in total. The van der Waals surface area contributed by atoms with Gasteiger partial charge in [0.05, 0.1) is 18.1 Å². The van der Waals surface area contributed by atoms with Crippen molar-refractivity contribution in [3.8, 4) is 0 Å². The number of sulfonamides is 1. The number of rotatable bonds is 9. The van der Waals surface area contributed by atoms with Gasteiger partial charge in [-0.3, -0.25) is 9.69 Å². The zero-order valence-corrected chi connectivity index (χ0v) is 16.3. The van der Waals surface area contributed by atoms with Gasteiger partial charge in [-0.05, 0) is 38.0 Å². The first-order valence-electron chi connectivity index (χ1n) is 9.05. The number of aryl methyl sites for hydroxylation is 1. The lowest BCUT2D eigenvalue weighted by Gasteiger charge is -2.26. The van der Waals surface area contributed by atoms with Gasteiger partial charge < -0.3 is 10.1 Å². The average molecular weight is 384 g/mol. The molecule has 1 aliphatic heterocycles. The van der Waals surface area contributed by atoms with Gasteiger partial charge >= 0.3 is 0 Å². The number of carbonyl (C=O) groups excluding carboxylic acids is 1. The van der Waals surface area contributed by atoms with Crippen LogP contribution in [0.15, 0.2) is 29.2 Å². The molecule has 0 spiro atoms. The summed E-state index contributed by atoms with van der Waals surface area (Å²) in [5, 5.41) is 2.93. The molecule has 0 atom stereocenters. The molecule has 1 fully saturated rings. The van der Waals surface area contributed by atoms with Gasteiger partial charge in [0, 0.05) is 38.6 Å². The molecule has 1 saturated heterocycles. The number of hydrogen-bond acceptors (Lipinski definition) is 5. The quantitative estimate of drug-likeness (QED) is 0.657. The summed E-state index contributed by atoms with van der Waals surface area (Å²) in [7, 11) is -3.47. The molecule has 1 heterocycles. The second-order valence-corrected chi connectivity index (χ2v) is 8.44. The molecular formula is C18H29N3O4S. The molecule has 2 rings (SSSR count). The summed E-state index contributed by atoms with van der Waals surface area (Å²) in [4.78, 5) is 14.5. The Morgan fingerprint density at radius 3 is 2.46 bits per heavy atom. The van der Waals surface area contributed by atoms with Gasteiger partial charge in [0.2, 0.25) is 15.9 Å². The molecule has 0 radical (unpaired) electrons. The molecule has 1 aromatic rings. The fourth-order valence-electron chi connectivity index (χ4n) is 2.74. The van der Waals surface area contributed by atoms with Crippen LogP contribution in [0.3, 0.4) is 0 Å². The molecular weight excluding hydrogens is 354 g/mol. The third kappa shape index (κ3) is 7.03. The SMILES string of the molecule is CC(C)NS(=O)(=O)c1ccc(CCC(=O)NCCN2CCOCC2)cc1. The minimum Gasteiger partial charge on any atom is -0.379 e. The van der Waals surface area contributed by atoms with Gasteiger partial charge in [0.25, 0.3) is 0 Å². The highest BCUT2D eigenvalue weighted by Gasteiger charge is 2.15. The lowest BCUT2D eigenvalue weighted by molar-refractivity contribution is -0.121. The van der Waals surface area contributed by atoms with E-state index in [4.69, 9.17) is 4.74 Å². The number of carbonyl (C=O) groups is 1. The van der Waals surface area contributed by atoms with Crippen LogP contribution in [0.5, 0.6) is 0 Å². The Balaban J connectivity index is 1.72. The van der Waals surface area contributed by atoms with E-state index in [0.717, 1.165) is 38.4 Å². The van der Waals surface area contributed by atoms with Crippen molar-refractivity contribution in [2.24, 2.45) is 0 Å². The van der Waals surface area contributed by atoms with Crippen molar-refractivity contribution in [3.05, 3.63) is 29.8 Å². The van der Waals surface area contributed by atoms with E-state index in [1.807, 2.05) is 0 Å². The van der Waals surface area contributed by atoms with Crippen molar-refractivity contribution < 1.29 is 17.9 Å². The van der Waals surface area contributed by atoms with E-state index < -0.39 is 10.0 Å². The van der Waals surface area contributed by atoms with Crippen molar-refractivity contribution in [2.45, 2.75) is 37.6 Å². The molecule has 1 aromatic carbocycles. The smallest absolute Gasteiger partial charge is 0.240 e. The highest BCUT2D eigenvalue weighted by Crippen LogP contribution is 2.12. The van der Waals surface area contributed by atoms with Gasteiger partial charge in [-0.2, -0.15) is 0 Å². The Morgan fingerprint density at radius 2 is 1.85 bits per heavy atom. The predicted molar refractivity (Wildman–Crippen MR) is 100 cm³/mol. The number of benzene rings is 1. The molecule has 0 aliphatic carbocycles. The molecule has 26 heavy (non-hydrogen) atoms. The first-order chi connectivity index (χ1) is 12.4. The van der Waals surface area contributed by atoms with Crippen LogP contribution < -0.4 is 10.0 Å². The van der Waals surface area contributed by atoms with Crippen LogP contribution in [0.25, 0.3) is 0 Å². The van der Waals surface area contributed by atoms with E-state index in [1.165, 1.54) is 0 Å². The number of morpholine rings is 1. The van der Waals surface area contributed by atoms with Gasteiger partial charge in [-0.1, -0.05) is 12.1 Å². The Hall–Kier alpha value is -1.48. The van der Waals surface area contributed by atoms with E-state index in [-0.39, 0.29) is 16.8 Å².